The van der Waals surface area contributed by atoms with Crippen molar-refractivity contribution in [3.8, 4) is 0 Å². The topological polar surface area (TPSA) is 38.7 Å². The molecule has 3 heteroatoms. The Labute approximate surface area is 107 Å². The molecule has 0 radical (unpaired) electrons. The second-order valence-electron chi connectivity index (χ2n) is 4.79. The molecule has 0 aliphatic rings. The molecule has 0 heterocycles. The fraction of sp³-hybridized carbons (Fsp3) is 1.00. The highest BCUT2D eigenvalue weighted by Crippen LogP contribution is 2.13. The molecule has 3 nitrogen and oxygen atoms in total. The second-order valence-corrected chi connectivity index (χ2v) is 4.79. The van der Waals surface area contributed by atoms with Crippen LogP contribution in [0.3, 0.4) is 0 Å². The minimum absolute atomic E-state index is 0.0630. The Morgan fingerprint density at radius 3 is 2.18 bits per heavy atom. The summed E-state index contributed by atoms with van der Waals surface area (Å²) in [5.41, 5.74) is 0. The van der Waals surface area contributed by atoms with Crippen LogP contribution < -0.4 is 0 Å². The number of aliphatic hydroxyl groups excluding tert-OH is 1. The van der Waals surface area contributed by atoms with E-state index in [0.717, 1.165) is 25.9 Å². The zero-order valence-electron chi connectivity index (χ0n) is 11.9. The van der Waals surface area contributed by atoms with Gasteiger partial charge >= 0.3 is 0 Å². The molecule has 0 rings (SSSR count). The van der Waals surface area contributed by atoms with Crippen molar-refractivity contribution in [2.24, 2.45) is 0 Å². The Kier molecular flexibility index (Phi) is 10.9. The van der Waals surface area contributed by atoms with Gasteiger partial charge in [0.15, 0.2) is 0 Å². The van der Waals surface area contributed by atoms with E-state index < -0.39 is 6.10 Å². The summed E-state index contributed by atoms with van der Waals surface area (Å²) in [5.74, 6) is 0. The number of hydrogen-bond acceptors (Lipinski definition) is 3. The number of unbranched alkanes of at least 4 members (excludes halogenated alkanes) is 2. The van der Waals surface area contributed by atoms with Gasteiger partial charge in [-0.1, -0.05) is 33.1 Å². The first-order valence-corrected chi connectivity index (χ1v) is 7.03. The van der Waals surface area contributed by atoms with Gasteiger partial charge < -0.3 is 14.6 Å². The lowest BCUT2D eigenvalue weighted by atomic mass is 10.1. The van der Waals surface area contributed by atoms with Crippen molar-refractivity contribution in [1.82, 2.24) is 0 Å². The van der Waals surface area contributed by atoms with Crippen LogP contribution in [0.25, 0.3) is 0 Å². The first kappa shape index (κ1) is 16.9. The Hall–Kier alpha value is -0.120. The van der Waals surface area contributed by atoms with Crippen molar-refractivity contribution in [3.05, 3.63) is 0 Å². The Morgan fingerprint density at radius 2 is 1.65 bits per heavy atom. The van der Waals surface area contributed by atoms with Crippen molar-refractivity contribution in [2.45, 2.75) is 78.1 Å². The summed E-state index contributed by atoms with van der Waals surface area (Å²) in [5, 5.41) is 9.21. The van der Waals surface area contributed by atoms with Crippen LogP contribution in [0.15, 0.2) is 0 Å². The normalized spacial score (nSPS) is 16.8. The summed E-state index contributed by atoms with van der Waals surface area (Å²) < 4.78 is 11.5. The smallest absolute Gasteiger partial charge is 0.0833 e. The molecule has 3 atom stereocenters. The van der Waals surface area contributed by atoms with E-state index in [1.54, 1.807) is 6.92 Å². The van der Waals surface area contributed by atoms with E-state index in [1.807, 2.05) is 6.92 Å². The van der Waals surface area contributed by atoms with E-state index in [-0.39, 0.29) is 12.2 Å². The van der Waals surface area contributed by atoms with Gasteiger partial charge in [-0.25, -0.2) is 0 Å². The lowest BCUT2D eigenvalue weighted by molar-refractivity contribution is -0.0855. The van der Waals surface area contributed by atoms with Crippen molar-refractivity contribution in [3.63, 3.8) is 0 Å². The zero-order valence-corrected chi connectivity index (χ0v) is 11.9. The number of hydrogen-bond donors (Lipinski definition) is 1. The summed E-state index contributed by atoms with van der Waals surface area (Å²) in [6, 6.07) is 0. The average Bonchev–Trinajstić information content (AvgIpc) is 2.30. The van der Waals surface area contributed by atoms with Gasteiger partial charge in [0.1, 0.15) is 0 Å². The van der Waals surface area contributed by atoms with Crippen LogP contribution in [0.1, 0.15) is 59.8 Å². The third kappa shape index (κ3) is 9.57. The summed E-state index contributed by atoms with van der Waals surface area (Å²) in [6.45, 7) is 9.33. The van der Waals surface area contributed by atoms with E-state index in [9.17, 15) is 5.11 Å². The summed E-state index contributed by atoms with van der Waals surface area (Å²) >= 11 is 0. The SMILES string of the molecule is CCCCOC(CCCC)C(C)OCC(C)O. The van der Waals surface area contributed by atoms with Crippen LogP contribution in [0, 0.1) is 0 Å². The minimum atomic E-state index is -0.403. The molecule has 1 N–H and O–H groups in total. The van der Waals surface area contributed by atoms with E-state index >= 15 is 0 Å². The van der Waals surface area contributed by atoms with E-state index in [1.165, 1.54) is 12.8 Å². The highest BCUT2D eigenvalue weighted by Gasteiger charge is 2.18. The monoisotopic (exact) mass is 246 g/mol. The molecule has 0 aromatic rings. The molecular weight excluding hydrogens is 216 g/mol. The second kappa shape index (κ2) is 11.0. The molecule has 0 aromatic heterocycles. The van der Waals surface area contributed by atoms with Gasteiger partial charge in [-0.05, 0) is 26.7 Å². The van der Waals surface area contributed by atoms with Gasteiger partial charge in [0.25, 0.3) is 0 Å². The van der Waals surface area contributed by atoms with Crippen LogP contribution in [-0.4, -0.2) is 36.6 Å². The molecule has 0 amide bonds. The quantitative estimate of drug-likeness (QED) is 0.569. The molecule has 3 unspecified atom stereocenters. The lowest BCUT2D eigenvalue weighted by Crippen LogP contribution is -2.31. The predicted molar refractivity (Wildman–Crippen MR) is 71.3 cm³/mol. The number of ether oxygens (including phenoxy) is 2. The Bertz CT molecular complexity index is 160. The van der Waals surface area contributed by atoms with Gasteiger partial charge in [0, 0.05) is 6.61 Å². The molecule has 0 saturated carbocycles. The average molecular weight is 246 g/mol. The molecule has 0 aliphatic carbocycles. The Morgan fingerprint density at radius 1 is 1.00 bits per heavy atom. The number of aliphatic hydroxyl groups is 1. The number of rotatable bonds is 11. The highest BCUT2D eigenvalue weighted by atomic mass is 16.5. The minimum Gasteiger partial charge on any atom is -0.391 e. The summed E-state index contributed by atoms with van der Waals surface area (Å²) in [7, 11) is 0. The van der Waals surface area contributed by atoms with Crippen LogP contribution in [-0.2, 0) is 9.47 Å². The molecule has 0 fully saturated rings. The molecular formula is C14H30O3. The molecule has 17 heavy (non-hydrogen) atoms. The van der Waals surface area contributed by atoms with Gasteiger partial charge in [-0.3, -0.25) is 0 Å². The predicted octanol–water partition coefficient (Wildman–Crippen LogP) is 3.15. The van der Waals surface area contributed by atoms with Gasteiger partial charge in [0.05, 0.1) is 24.9 Å². The van der Waals surface area contributed by atoms with E-state index in [0.29, 0.717) is 6.61 Å². The molecule has 0 aromatic carbocycles. The van der Waals surface area contributed by atoms with Crippen LogP contribution >= 0.6 is 0 Å². The van der Waals surface area contributed by atoms with Crippen molar-refractivity contribution >= 4 is 0 Å². The summed E-state index contributed by atoms with van der Waals surface area (Å²) in [6.07, 6.45) is 5.47. The molecule has 0 saturated heterocycles. The maximum atomic E-state index is 9.21. The van der Waals surface area contributed by atoms with Gasteiger partial charge in [-0.2, -0.15) is 0 Å². The van der Waals surface area contributed by atoms with Crippen LogP contribution in [0.2, 0.25) is 0 Å². The van der Waals surface area contributed by atoms with Crippen molar-refractivity contribution < 1.29 is 14.6 Å². The van der Waals surface area contributed by atoms with Gasteiger partial charge in [0.2, 0.25) is 0 Å². The first-order chi connectivity index (χ1) is 8.11. The maximum absolute atomic E-state index is 9.21. The largest absolute Gasteiger partial charge is 0.391 e. The molecule has 0 aliphatic heterocycles. The van der Waals surface area contributed by atoms with Crippen LogP contribution in [0.4, 0.5) is 0 Å². The van der Waals surface area contributed by atoms with Crippen LogP contribution in [0.5, 0.6) is 0 Å². The fourth-order valence-electron chi connectivity index (χ4n) is 1.64. The zero-order chi connectivity index (χ0) is 13.1. The third-order valence-corrected chi connectivity index (χ3v) is 2.80. The molecule has 0 spiro atoms. The van der Waals surface area contributed by atoms with Gasteiger partial charge in [-0.15, -0.1) is 0 Å². The summed E-state index contributed by atoms with van der Waals surface area (Å²) in [4.78, 5) is 0. The van der Waals surface area contributed by atoms with Crippen molar-refractivity contribution in [1.29, 1.82) is 0 Å². The first-order valence-electron chi connectivity index (χ1n) is 7.03. The van der Waals surface area contributed by atoms with E-state index in [4.69, 9.17) is 9.47 Å². The highest BCUT2D eigenvalue weighted by molar-refractivity contribution is 4.67. The lowest BCUT2D eigenvalue weighted by Gasteiger charge is -2.25. The maximum Gasteiger partial charge on any atom is 0.0833 e. The molecule has 0 bridgehead atoms. The van der Waals surface area contributed by atoms with E-state index in [2.05, 4.69) is 13.8 Å². The molecule has 104 valence electrons. The standard InChI is InChI=1S/C14H30O3/c1-5-7-9-14(16-10-8-6-2)13(4)17-11-12(3)15/h12-15H,5-11H2,1-4H3. The third-order valence-electron chi connectivity index (χ3n) is 2.80. The van der Waals surface area contributed by atoms with Crippen molar-refractivity contribution in [2.75, 3.05) is 13.2 Å². The Balaban J connectivity index is 3.95. The fourth-order valence-corrected chi connectivity index (χ4v) is 1.64.